The number of alkyl halides is 3. The minimum absolute atomic E-state index is 0.0551. The highest BCUT2D eigenvalue weighted by molar-refractivity contribution is 8.01. The van der Waals surface area contributed by atoms with E-state index in [0.717, 1.165) is 46.1 Å². The van der Waals surface area contributed by atoms with Gasteiger partial charge in [0, 0.05) is 29.7 Å². The number of carboxylic acid groups (broad SMARTS) is 1. The quantitative estimate of drug-likeness (QED) is 0.181. The lowest BCUT2D eigenvalue weighted by Crippen LogP contribution is -2.27. The van der Waals surface area contributed by atoms with E-state index in [1.165, 1.54) is 34.9 Å². The van der Waals surface area contributed by atoms with Gasteiger partial charge in [-0.1, -0.05) is 39.5 Å². The molecule has 10 nitrogen and oxygen atoms in total. The topological polar surface area (TPSA) is 126 Å². The number of carbonyl (C=O) groups excluding carboxylic acids is 1. The number of amides is 1. The van der Waals surface area contributed by atoms with Gasteiger partial charge >= 0.3 is 12.1 Å². The lowest BCUT2D eigenvalue weighted by molar-refractivity contribution is -0.137. The summed E-state index contributed by atoms with van der Waals surface area (Å²) in [7, 11) is 5.48. The first-order valence-corrected chi connectivity index (χ1v) is 15.3. The molecule has 18 heteroatoms. The molecule has 0 bridgehead atoms. The zero-order chi connectivity index (χ0) is 31.7. The summed E-state index contributed by atoms with van der Waals surface area (Å²) in [5.41, 5.74) is -0.627. The van der Waals surface area contributed by atoms with Crippen molar-refractivity contribution in [2.24, 2.45) is 7.05 Å². The van der Waals surface area contributed by atoms with E-state index in [9.17, 15) is 22.8 Å². The highest BCUT2D eigenvalue weighted by atomic mass is 35.5. The fourth-order valence-corrected chi connectivity index (χ4v) is 5.96. The maximum Gasteiger partial charge on any atom is 0.417 e. The smallest absolute Gasteiger partial charge is 0.417 e. The molecule has 0 unspecified atom stereocenters. The molecular formula is C25H24Cl2F3N7O3S3. The van der Waals surface area contributed by atoms with E-state index in [-0.39, 0.29) is 26.8 Å². The standard InChI is InChI=1S/C14H17ClN4OS2.C11H7ClF3N3O2S/c1-19(2)9-3-8-16-13(20)12-14(22-18-17-12)21-11-6-4-10(15)5-7-11;1-18-7(9(19)20)4-17-10(18)21-8-6(12)2-5(3-16-8)11(13,14)15/h4-7H,3,8-9H2,1-2H3,(H,16,20);2-4H,1H3,(H,19,20). The minimum atomic E-state index is -4.53. The van der Waals surface area contributed by atoms with E-state index in [2.05, 4.69) is 29.8 Å². The first kappa shape index (κ1) is 34.6. The van der Waals surface area contributed by atoms with Crippen LogP contribution in [0.1, 0.15) is 33.0 Å². The van der Waals surface area contributed by atoms with Gasteiger partial charge in [0.1, 0.15) is 14.9 Å². The van der Waals surface area contributed by atoms with E-state index in [1.807, 2.05) is 38.4 Å². The third kappa shape index (κ3) is 10.4. The number of carboxylic acids is 1. The molecule has 0 spiro atoms. The van der Waals surface area contributed by atoms with E-state index in [1.54, 1.807) is 0 Å². The predicted molar refractivity (Wildman–Crippen MR) is 160 cm³/mol. The van der Waals surface area contributed by atoms with Gasteiger partial charge in [0.15, 0.2) is 10.9 Å². The molecule has 0 saturated carbocycles. The van der Waals surface area contributed by atoms with Crippen molar-refractivity contribution < 1.29 is 27.9 Å². The third-order valence-corrected chi connectivity index (χ3v) is 8.87. The van der Waals surface area contributed by atoms with Crippen LogP contribution in [0.2, 0.25) is 10.0 Å². The molecule has 0 aliphatic rings. The number of pyridine rings is 1. The Labute approximate surface area is 267 Å². The van der Waals surface area contributed by atoms with E-state index >= 15 is 0 Å². The number of nitrogens with one attached hydrogen (secondary N) is 1. The van der Waals surface area contributed by atoms with Gasteiger partial charge in [-0.25, -0.2) is 14.8 Å². The van der Waals surface area contributed by atoms with Crippen molar-refractivity contribution in [1.29, 1.82) is 0 Å². The predicted octanol–water partition coefficient (Wildman–Crippen LogP) is 6.36. The Morgan fingerprint density at radius 2 is 1.81 bits per heavy atom. The van der Waals surface area contributed by atoms with Crippen molar-refractivity contribution in [2.75, 3.05) is 27.2 Å². The van der Waals surface area contributed by atoms with E-state index in [4.69, 9.17) is 28.3 Å². The first-order chi connectivity index (χ1) is 20.3. The molecular weight excluding hydrogens is 670 g/mol. The van der Waals surface area contributed by atoms with Crippen LogP contribution in [0.15, 0.2) is 62.0 Å². The van der Waals surface area contributed by atoms with Gasteiger partial charge in [-0.3, -0.25) is 4.79 Å². The molecule has 1 aromatic carbocycles. The molecule has 0 aliphatic heterocycles. The molecule has 4 aromatic rings. The van der Waals surface area contributed by atoms with Crippen LogP contribution in [0.4, 0.5) is 13.2 Å². The molecule has 0 radical (unpaired) electrons. The fourth-order valence-electron chi connectivity index (χ4n) is 3.11. The summed E-state index contributed by atoms with van der Waals surface area (Å²) >= 11 is 15.2. The average molecular weight is 695 g/mol. The number of halogens is 5. The molecule has 1 amide bonds. The lowest BCUT2D eigenvalue weighted by atomic mass is 10.3. The SMILES string of the molecule is CN(C)CCCNC(=O)c1nnsc1Sc1ccc(Cl)cc1.Cn1c(C(=O)O)cnc1Sc1ncc(C(F)(F)F)cc1Cl. The molecule has 0 saturated heterocycles. The summed E-state index contributed by atoms with van der Waals surface area (Å²) < 4.78 is 43.4. The minimum Gasteiger partial charge on any atom is -0.477 e. The van der Waals surface area contributed by atoms with Crippen LogP contribution in [-0.4, -0.2) is 73.2 Å². The molecule has 230 valence electrons. The molecule has 0 aliphatic carbocycles. The van der Waals surface area contributed by atoms with Gasteiger partial charge in [-0.15, -0.1) is 5.10 Å². The van der Waals surface area contributed by atoms with Crippen LogP contribution < -0.4 is 5.32 Å². The number of aromatic nitrogens is 5. The van der Waals surface area contributed by atoms with E-state index in [0.29, 0.717) is 23.5 Å². The summed E-state index contributed by atoms with van der Waals surface area (Å²) in [6, 6.07) is 8.22. The fraction of sp³-hybridized carbons (Fsp3) is 0.280. The lowest BCUT2D eigenvalue weighted by Gasteiger charge is -2.09. The number of carbonyl (C=O) groups is 2. The number of hydrogen-bond acceptors (Lipinski definition) is 10. The summed E-state index contributed by atoms with van der Waals surface area (Å²) in [6.45, 7) is 1.56. The van der Waals surface area contributed by atoms with Gasteiger partial charge in [-0.05, 0) is 80.7 Å². The Bertz CT molecular complexity index is 1550. The average Bonchev–Trinajstić information content (AvgIpc) is 3.55. The molecule has 3 aromatic heterocycles. The molecule has 4 rings (SSSR count). The molecule has 43 heavy (non-hydrogen) atoms. The van der Waals surface area contributed by atoms with E-state index < -0.39 is 17.7 Å². The van der Waals surface area contributed by atoms with Gasteiger partial charge in [0.25, 0.3) is 5.91 Å². The maximum absolute atomic E-state index is 12.5. The summed E-state index contributed by atoms with van der Waals surface area (Å²) in [6.07, 6.45) is -1.83. The summed E-state index contributed by atoms with van der Waals surface area (Å²) in [5.74, 6) is -1.34. The molecule has 3 heterocycles. The number of hydrogen-bond donors (Lipinski definition) is 2. The second-order valence-corrected chi connectivity index (χ2v) is 12.7. The Morgan fingerprint density at radius 1 is 1.12 bits per heavy atom. The Morgan fingerprint density at radius 3 is 2.40 bits per heavy atom. The number of rotatable bonds is 10. The van der Waals surface area contributed by atoms with Crippen molar-refractivity contribution in [3.8, 4) is 0 Å². The molecule has 0 atom stereocenters. The summed E-state index contributed by atoms with van der Waals surface area (Å²) in [4.78, 5) is 33.6. The number of nitrogens with zero attached hydrogens (tertiary/aromatic N) is 6. The van der Waals surface area contributed by atoms with Crippen molar-refractivity contribution in [3.05, 3.63) is 69.7 Å². The number of imidazole rings is 1. The Balaban J connectivity index is 0.000000236. The molecule has 0 fully saturated rings. The second-order valence-electron chi connectivity index (χ2n) is 8.78. The van der Waals surface area contributed by atoms with Crippen molar-refractivity contribution in [3.63, 3.8) is 0 Å². The number of aromatic carboxylic acids is 1. The van der Waals surface area contributed by atoms with Crippen molar-refractivity contribution in [1.82, 2.24) is 34.3 Å². The van der Waals surface area contributed by atoms with Gasteiger partial charge in [0.2, 0.25) is 0 Å². The van der Waals surface area contributed by atoms with Crippen LogP contribution in [0.3, 0.4) is 0 Å². The Hall–Kier alpha value is -2.89. The monoisotopic (exact) mass is 693 g/mol. The van der Waals surface area contributed by atoms with Crippen LogP contribution in [0.5, 0.6) is 0 Å². The van der Waals surface area contributed by atoms with Crippen LogP contribution >= 0.6 is 58.3 Å². The number of benzene rings is 1. The van der Waals surface area contributed by atoms with Crippen LogP contribution in [-0.2, 0) is 13.2 Å². The van der Waals surface area contributed by atoms with Crippen LogP contribution in [0.25, 0.3) is 0 Å². The molecule has 2 N–H and O–H groups in total. The first-order valence-electron chi connectivity index (χ1n) is 12.1. The third-order valence-electron chi connectivity index (χ3n) is 5.25. The van der Waals surface area contributed by atoms with Gasteiger partial charge < -0.3 is 19.9 Å². The van der Waals surface area contributed by atoms with Gasteiger partial charge in [-0.2, -0.15) is 13.2 Å². The Kier molecular flexibility index (Phi) is 12.6. The van der Waals surface area contributed by atoms with Crippen molar-refractivity contribution >= 4 is 70.1 Å². The second kappa shape index (κ2) is 15.7. The zero-order valence-corrected chi connectivity index (χ0v) is 26.7. The normalized spacial score (nSPS) is 11.3. The maximum atomic E-state index is 12.5. The largest absolute Gasteiger partial charge is 0.477 e. The van der Waals surface area contributed by atoms with Crippen LogP contribution in [0, 0.1) is 0 Å². The highest BCUT2D eigenvalue weighted by Crippen LogP contribution is 2.36. The summed E-state index contributed by atoms with van der Waals surface area (Å²) in [5, 5.41) is 16.6. The highest BCUT2D eigenvalue weighted by Gasteiger charge is 2.31. The van der Waals surface area contributed by atoms with Gasteiger partial charge in [0.05, 0.1) is 16.8 Å². The van der Waals surface area contributed by atoms with Crippen molar-refractivity contribution in [2.45, 2.75) is 31.9 Å². The zero-order valence-electron chi connectivity index (χ0n) is 22.7.